The predicted octanol–water partition coefficient (Wildman–Crippen LogP) is 1.82. The van der Waals surface area contributed by atoms with Gasteiger partial charge in [0.1, 0.15) is 11.5 Å². The Balaban J connectivity index is 1.85. The minimum atomic E-state index is -3.14. The van der Waals surface area contributed by atoms with E-state index in [2.05, 4.69) is 0 Å². The van der Waals surface area contributed by atoms with Gasteiger partial charge >= 0.3 is 12.1 Å². The average molecular weight is 277 g/mol. The minimum Gasteiger partial charge on any atom is -0.481 e. The molecule has 2 rings (SSSR count). The standard InChI is InChI=1S/C12H17F2NO4/c1-11(2,3)19-10(18)15-4-6(5-15)7-8(9(16)17)12(7,13)14/h6-8H,4-5H2,1-3H3,(H,16,17)/t7-,8+/m1/s1. The lowest BCUT2D eigenvalue weighted by atomic mass is 9.93. The molecule has 0 aromatic heterocycles. The van der Waals surface area contributed by atoms with Crippen molar-refractivity contribution in [1.82, 2.24) is 4.90 Å². The van der Waals surface area contributed by atoms with Crippen molar-refractivity contribution in [3.63, 3.8) is 0 Å². The molecule has 1 saturated heterocycles. The number of aliphatic carboxylic acids is 1. The van der Waals surface area contributed by atoms with Crippen LogP contribution in [0.3, 0.4) is 0 Å². The first kappa shape index (κ1) is 14.0. The lowest BCUT2D eigenvalue weighted by molar-refractivity contribution is -0.141. The van der Waals surface area contributed by atoms with Crippen LogP contribution in [0.1, 0.15) is 20.8 Å². The lowest BCUT2D eigenvalue weighted by Gasteiger charge is -2.40. The Morgan fingerprint density at radius 2 is 1.84 bits per heavy atom. The van der Waals surface area contributed by atoms with E-state index in [0.717, 1.165) is 0 Å². The van der Waals surface area contributed by atoms with Gasteiger partial charge in [0.05, 0.1) is 0 Å². The maximum absolute atomic E-state index is 13.3. The molecule has 1 aliphatic carbocycles. The number of carboxylic acid groups (broad SMARTS) is 1. The smallest absolute Gasteiger partial charge is 0.410 e. The molecule has 1 heterocycles. The average Bonchev–Trinajstić information content (AvgIpc) is 2.62. The van der Waals surface area contributed by atoms with Crippen molar-refractivity contribution in [3.05, 3.63) is 0 Å². The molecule has 0 bridgehead atoms. The number of ether oxygens (including phenoxy) is 1. The normalized spacial score (nSPS) is 29.6. The highest BCUT2D eigenvalue weighted by Gasteiger charge is 2.75. The molecule has 0 spiro atoms. The van der Waals surface area contributed by atoms with Crippen molar-refractivity contribution in [2.24, 2.45) is 17.8 Å². The quantitative estimate of drug-likeness (QED) is 0.836. The fourth-order valence-electron chi connectivity index (χ4n) is 2.47. The zero-order valence-electron chi connectivity index (χ0n) is 11.0. The van der Waals surface area contributed by atoms with Crippen LogP contribution >= 0.6 is 0 Å². The molecule has 1 amide bonds. The van der Waals surface area contributed by atoms with Crippen molar-refractivity contribution >= 4 is 12.1 Å². The van der Waals surface area contributed by atoms with Crippen molar-refractivity contribution in [2.45, 2.75) is 32.3 Å². The Labute approximate surface area is 109 Å². The molecule has 1 saturated carbocycles. The molecule has 0 unspecified atom stereocenters. The number of alkyl halides is 2. The van der Waals surface area contributed by atoms with Gasteiger partial charge in [-0.05, 0) is 20.8 Å². The second-order valence-corrected chi connectivity index (χ2v) is 6.16. The zero-order valence-corrected chi connectivity index (χ0v) is 11.0. The van der Waals surface area contributed by atoms with E-state index < -0.39 is 41.3 Å². The van der Waals surface area contributed by atoms with E-state index in [1.165, 1.54) is 4.90 Å². The second-order valence-electron chi connectivity index (χ2n) is 6.16. The van der Waals surface area contributed by atoms with Gasteiger partial charge in [0.15, 0.2) is 0 Å². The van der Waals surface area contributed by atoms with E-state index in [0.29, 0.717) is 0 Å². The Bertz CT molecular complexity index is 412. The number of hydrogen-bond acceptors (Lipinski definition) is 3. The number of likely N-dealkylation sites (tertiary alicyclic amines) is 1. The van der Waals surface area contributed by atoms with E-state index in [4.69, 9.17) is 9.84 Å². The number of hydrogen-bond donors (Lipinski definition) is 1. The van der Waals surface area contributed by atoms with E-state index in [1.807, 2.05) is 0 Å². The SMILES string of the molecule is CC(C)(C)OC(=O)N1CC([C@@H]2[C@@H](C(=O)O)C2(F)F)C1. The second kappa shape index (κ2) is 4.05. The van der Waals surface area contributed by atoms with Crippen LogP contribution in [-0.2, 0) is 9.53 Å². The summed E-state index contributed by atoms with van der Waals surface area (Å²) in [5.41, 5.74) is -0.630. The predicted molar refractivity (Wildman–Crippen MR) is 60.9 cm³/mol. The molecule has 7 heteroatoms. The Morgan fingerprint density at radius 1 is 1.32 bits per heavy atom. The molecule has 0 aromatic carbocycles. The molecule has 108 valence electrons. The number of rotatable bonds is 2. The Morgan fingerprint density at radius 3 is 2.21 bits per heavy atom. The molecule has 2 fully saturated rings. The van der Waals surface area contributed by atoms with Gasteiger partial charge in [0, 0.05) is 24.9 Å². The van der Waals surface area contributed by atoms with Gasteiger partial charge in [-0.15, -0.1) is 0 Å². The molecule has 2 atom stereocenters. The van der Waals surface area contributed by atoms with Crippen LogP contribution in [0.15, 0.2) is 0 Å². The first-order chi connectivity index (χ1) is 8.54. The Kier molecular flexibility index (Phi) is 2.98. The highest BCUT2D eigenvalue weighted by Crippen LogP contribution is 2.60. The number of halogens is 2. The van der Waals surface area contributed by atoms with Crippen molar-refractivity contribution in [3.8, 4) is 0 Å². The molecule has 1 aliphatic heterocycles. The number of carboxylic acids is 1. The van der Waals surface area contributed by atoms with Gasteiger partial charge in [-0.25, -0.2) is 13.6 Å². The summed E-state index contributed by atoms with van der Waals surface area (Å²) in [5.74, 6) is -7.81. The highest BCUT2D eigenvalue weighted by atomic mass is 19.3. The van der Waals surface area contributed by atoms with Gasteiger partial charge in [0.2, 0.25) is 0 Å². The van der Waals surface area contributed by atoms with Gasteiger partial charge in [-0.3, -0.25) is 4.79 Å². The fourth-order valence-corrected chi connectivity index (χ4v) is 2.47. The van der Waals surface area contributed by atoms with Crippen LogP contribution in [0.4, 0.5) is 13.6 Å². The zero-order chi connectivity index (χ0) is 14.6. The van der Waals surface area contributed by atoms with Crippen LogP contribution in [0.2, 0.25) is 0 Å². The first-order valence-corrected chi connectivity index (χ1v) is 6.12. The molecule has 1 N–H and O–H groups in total. The molecule has 2 aliphatic rings. The van der Waals surface area contributed by atoms with Crippen molar-refractivity contribution in [2.75, 3.05) is 13.1 Å². The number of carbonyl (C=O) groups excluding carboxylic acids is 1. The van der Waals surface area contributed by atoms with Crippen LogP contribution < -0.4 is 0 Å². The molecule has 0 radical (unpaired) electrons. The van der Waals surface area contributed by atoms with Crippen LogP contribution in [-0.4, -0.2) is 46.7 Å². The highest BCUT2D eigenvalue weighted by molar-refractivity contribution is 5.76. The molecule has 5 nitrogen and oxygen atoms in total. The van der Waals surface area contributed by atoms with Crippen LogP contribution in [0, 0.1) is 17.8 Å². The third kappa shape index (κ3) is 2.50. The Hall–Kier alpha value is -1.40. The van der Waals surface area contributed by atoms with Gasteiger partial charge in [0.25, 0.3) is 5.92 Å². The minimum absolute atomic E-state index is 0.138. The molecule has 0 aromatic rings. The summed E-state index contributed by atoms with van der Waals surface area (Å²) in [5, 5.41) is 8.67. The van der Waals surface area contributed by atoms with E-state index in [1.54, 1.807) is 20.8 Å². The third-order valence-corrected chi connectivity index (χ3v) is 3.44. The monoisotopic (exact) mass is 277 g/mol. The van der Waals surface area contributed by atoms with E-state index in [-0.39, 0.29) is 13.1 Å². The third-order valence-electron chi connectivity index (χ3n) is 3.44. The van der Waals surface area contributed by atoms with Gasteiger partial charge in [-0.1, -0.05) is 0 Å². The van der Waals surface area contributed by atoms with Crippen molar-refractivity contribution in [1.29, 1.82) is 0 Å². The number of carbonyl (C=O) groups is 2. The van der Waals surface area contributed by atoms with Crippen LogP contribution in [0.25, 0.3) is 0 Å². The summed E-state index contributed by atoms with van der Waals surface area (Å²) in [6.45, 7) is 5.44. The summed E-state index contributed by atoms with van der Waals surface area (Å²) in [7, 11) is 0. The summed E-state index contributed by atoms with van der Waals surface area (Å²) in [4.78, 5) is 23.6. The summed E-state index contributed by atoms with van der Waals surface area (Å²) in [6.07, 6.45) is -0.542. The molecule has 19 heavy (non-hydrogen) atoms. The van der Waals surface area contributed by atoms with E-state index >= 15 is 0 Å². The van der Waals surface area contributed by atoms with Gasteiger partial charge in [-0.2, -0.15) is 0 Å². The van der Waals surface area contributed by atoms with Crippen LogP contribution in [0.5, 0.6) is 0 Å². The summed E-state index contributed by atoms with van der Waals surface area (Å²) < 4.78 is 31.6. The first-order valence-electron chi connectivity index (χ1n) is 6.12. The molecular formula is C12H17F2NO4. The van der Waals surface area contributed by atoms with E-state index in [9.17, 15) is 18.4 Å². The maximum atomic E-state index is 13.3. The van der Waals surface area contributed by atoms with Crippen molar-refractivity contribution < 1.29 is 28.2 Å². The van der Waals surface area contributed by atoms with Gasteiger partial charge < -0.3 is 14.7 Å². The number of amides is 1. The largest absolute Gasteiger partial charge is 0.481 e. The maximum Gasteiger partial charge on any atom is 0.410 e. The molecular weight excluding hydrogens is 260 g/mol. The lowest BCUT2D eigenvalue weighted by Crippen LogP contribution is -2.53. The topological polar surface area (TPSA) is 66.8 Å². The summed E-state index contributed by atoms with van der Waals surface area (Å²) >= 11 is 0. The number of nitrogens with zero attached hydrogens (tertiary/aromatic N) is 1. The fraction of sp³-hybridized carbons (Fsp3) is 0.833. The summed E-state index contributed by atoms with van der Waals surface area (Å²) in [6, 6.07) is 0.